The fourth-order valence-corrected chi connectivity index (χ4v) is 1.97. The molecule has 0 unspecified atom stereocenters. The first-order valence-corrected chi connectivity index (χ1v) is 5.55. The van der Waals surface area contributed by atoms with E-state index in [1.165, 1.54) is 4.57 Å². The first kappa shape index (κ1) is 10.6. The number of fused-ring (bicyclic) bond motifs is 1. The Labute approximate surface area is 103 Å². The Morgan fingerprint density at radius 1 is 1.39 bits per heavy atom. The van der Waals surface area contributed by atoms with Gasteiger partial charge in [-0.15, -0.1) is 0 Å². The van der Waals surface area contributed by atoms with Gasteiger partial charge < -0.3 is 15.3 Å². The van der Waals surface area contributed by atoms with Crippen molar-refractivity contribution in [1.82, 2.24) is 14.5 Å². The van der Waals surface area contributed by atoms with Crippen LogP contribution in [0.5, 0.6) is 0 Å². The van der Waals surface area contributed by atoms with Gasteiger partial charge in [0, 0.05) is 36.5 Å². The SMILES string of the molecule is Cn1ccc(-c2c[nH]c3ncc(N)cc23)cc1=O. The molecule has 0 amide bonds. The van der Waals surface area contributed by atoms with Crippen LogP contribution in [-0.4, -0.2) is 14.5 Å². The minimum Gasteiger partial charge on any atom is -0.397 e. The highest BCUT2D eigenvalue weighted by atomic mass is 16.1. The molecule has 0 saturated carbocycles. The molecular weight excluding hydrogens is 228 g/mol. The largest absolute Gasteiger partial charge is 0.397 e. The van der Waals surface area contributed by atoms with Crippen LogP contribution in [-0.2, 0) is 7.05 Å². The smallest absolute Gasteiger partial charge is 0.250 e. The van der Waals surface area contributed by atoms with Crippen molar-refractivity contribution in [2.75, 3.05) is 5.73 Å². The van der Waals surface area contributed by atoms with E-state index in [-0.39, 0.29) is 5.56 Å². The van der Waals surface area contributed by atoms with Gasteiger partial charge in [0.15, 0.2) is 0 Å². The summed E-state index contributed by atoms with van der Waals surface area (Å²) in [5, 5.41) is 0.920. The molecule has 0 aliphatic carbocycles. The molecule has 18 heavy (non-hydrogen) atoms. The lowest BCUT2D eigenvalue weighted by atomic mass is 10.1. The lowest BCUT2D eigenvalue weighted by Crippen LogP contribution is -2.13. The number of aryl methyl sites for hydroxylation is 1. The quantitative estimate of drug-likeness (QED) is 0.677. The van der Waals surface area contributed by atoms with Crippen LogP contribution >= 0.6 is 0 Å². The van der Waals surface area contributed by atoms with E-state index >= 15 is 0 Å². The van der Waals surface area contributed by atoms with Crippen LogP contribution in [0.3, 0.4) is 0 Å². The van der Waals surface area contributed by atoms with E-state index in [0.29, 0.717) is 5.69 Å². The summed E-state index contributed by atoms with van der Waals surface area (Å²) in [6.07, 6.45) is 5.19. The highest BCUT2D eigenvalue weighted by molar-refractivity contribution is 5.94. The van der Waals surface area contributed by atoms with E-state index in [0.717, 1.165) is 22.2 Å². The fraction of sp³-hybridized carbons (Fsp3) is 0.0769. The second-order valence-electron chi connectivity index (χ2n) is 4.23. The molecular formula is C13H12N4O. The van der Waals surface area contributed by atoms with Gasteiger partial charge in [-0.3, -0.25) is 4.79 Å². The Hall–Kier alpha value is -2.56. The zero-order valence-corrected chi connectivity index (χ0v) is 9.84. The van der Waals surface area contributed by atoms with Gasteiger partial charge >= 0.3 is 0 Å². The van der Waals surface area contributed by atoms with Crippen molar-refractivity contribution in [3.8, 4) is 11.1 Å². The first-order chi connectivity index (χ1) is 8.65. The van der Waals surface area contributed by atoms with Crippen molar-refractivity contribution in [1.29, 1.82) is 0 Å². The van der Waals surface area contributed by atoms with E-state index in [1.807, 2.05) is 18.3 Å². The van der Waals surface area contributed by atoms with Crippen molar-refractivity contribution in [2.45, 2.75) is 0 Å². The monoisotopic (exact) mass is 240 g/mol. The molecule has 3 N–H and O–H groups in total. The number of hydrogen-bond acceptors (Lipinski definition) is 3. The van der Waals surface area contributed by atoms with Crippen LogP contribution in [0.2, 0.25) is 0 Å². The van der Waals surface area contributed by atoms with E-state index in [1.54, 1.807) is 25.5 Å². The van der Waals surface area contributed by atoms with Gasteiger partial charge in [-0.1, -0.05) is 0 Å². The predicted octanol–water partition coefficient (Wildman–Crippen LogP) is 1.51. The third-order valence-corrected chi connectivity index (χ3v) is 2.97. The van der Waals surface area contributed by atoms with Gasteiger partial charge in [0.2, 0.25) is 0 Å². The van der Waals surface area contributed by atoms with E-state index in [2.05, 4.69) is 9.97 Å². The molecule has 3 aromatic heterocycles. The van der Waals surface area contributed by atoms with Gasteiger partial charge in [0.25, 0.3) is 5.56 Å². The highest BCUT2D eigenvalue weighted by Crippen LogP contribution is 2.27. The van der Waals surface area contributed by atoms with Crippen molar-refractivity contribution >= 4 is 16.7 Å². The second-order valence-corrected chi connectivity index (χ2v) is 4.23. The molecule has 0 bridgehead atoms. The van der Waals surface area contributed by atoms with Crippen LogP contribution in [0.4, 0.5) is 5.69 Å². The third-order valence-electron chi connectivity index (χ3n) is 2.97. The maximum Gasteiger partial charge on any atom is 0.250 e. The maximum atomic E-state index is 11.7. The number of aromatic amines is 1. The third kappa shape index (κ3) is 1.57. The number of hydrogen-bond donors (Lipinski definition) is 2. The minimum absolute atomic E-state index is 0.0429. The lowest BCUT2D eigenvalue weighted by molar-refractivity contribution is 0.861. The summed E-state index contributed by atoms with van der Waals surface area (Å²) >= 11 is 0. The number of anilines is 1. The molecule has 0 aromatic carbocycles. The van der Waals surface area contributed by atoms with Gasteiger partial charge in [-0.05, 0) is 17.7 Å². The van der Waals surface area contributed by atoms with Crippen molar-refractivity contribution in [3.63, 3.8) is 0 Å². The first-order valence-electron chi connectivity index (χ1n) is 5.55. The summed E-state index contributed by atoms with van der Waals surface area (Å²) in [6, 6.07) is 5.35. The van der Waals surface area contributed by atoms with Crippen LogP contribution in [0, 0.1) is 0 Å². The topological polar surface area (TPSA) is 76.7 Å². The number of nitrogens with two attached hydrogens (primary N) is 1. The second kappa shape index (κ2) is 3.73. The Balaban J connectivity index is 2.28. The number of rotatable bonds is 1. The summed E-state index contributed by atoms with van der Waals surface area (Å²) in [5.41, 5.74) is 8.86. The Morgan fingerprint density at radius 2 is 2.22 bits per heavy atom. The van der Waals surface area contributed by atoms with E-state index < -0.39 is 0 Å². The summed E-state index contributed by atoms with van der Waals surface area (Å²) in [4.78, 5) is 18.9. The number of pyridine rings is 2. The molecule has 0 fully saturated rings. The average molecular weight is 240 g/mol. The standard InChI is InChI=1S/C13H12N4O/c1-17-3-2-8(4-12(17)18)11-7-16-13-10(11)5-9(14)6-15-13/h2-7H,14H2,1H3,(H,15,16). The Kier molecular flexibility index (Phi) is 2.19. The molecule has 3 aromatic rings. The van der Waals surface area contributed by atoms with Crippen LogP contribution in [0.25, 0.3) is 22.2 Å². The van der Waals surface area contributed by atoms with E-state index in [4.69, 9.17) is 5.73 Å². The molecule has 5 heteroatoms. The van der Waals surface area contributed by atoms with Gasteiger partial charge in [-0.2, -0.15) is 0 Å². The normalized spacial score (nSPS) is 10.9. The number of nitrogens with zero attached hydrogens (tertiary/aromatic N) is 2. The molecule has 3 rings (SSSR count). The number of nitrogens with one attached hydrogen (secondary N) is 1. The lowest BCUT2D eigenvalue weighted by Gasteiger charge is -2.01. The van der Waals surface area contributed by atoms with E-state index in [9.17, 15) is 4.79 Å². The number of nitrogen functional groups attached to an aromatic ring is 1. The molecule has 0 atom stereocenters. The highest BCUT2D eigenvalue weighted by Gasteiger charge is 2.08. The van der Waals surface area contributed by atoms with Crippen LogP contribution in [0.15, 0.2) is 41.6 Å². The van der Waals surface area contributed by atoms with Gasteiger partial charge in [0.1, 0.15) is 5.65 Å². The maximum absolute atomic E-state index is 11.7. The molecule has 0 spiro atoms. The summed E-state index contributed by atoms with van der Waals surface area (Å²) in [7, 11) is 1.72. The predicted molar refractivity (Wildman–Crippen MR) is 71.2 cm³/mol. The molecule has 0 saturated heterocycles. The molecule has 0 aliphatic heterocycles. The summed E-state index contributed by atoms with van der Waals surface area (Å²) in [6.45, 7) is 0. The molecule has 5 nitrogen and oxygen atoms in total. The van der Waals surface area contributed by atoms with Gasteiger partial charge in [-0.25, -0.2) is 4.98 Å². The molecule has 3 heterocycles. The van der Waals surface area contributed by atoms with Crippen molar-refractivity contribution < 1.29 is 0 Å². The van der Waals surface area contributed by atoms with Gasteiger partial charge in [0.05, 0.1) is 11.9 Å². The van der Waals surface area contributed by atoms with Crippen molar-refractivity contribution in [3.05, 3.63) is 47.1 Å². The zero-order chi connectivity index (χ0) is 12.7. The molecule has 0 aliphatic rings. The van der Waals surface area contributed by atoms with Crippen molar-refractivity contribution in [2.24, 2.45) is 7.05 Å². The number of aromatic nitrogens is 3. The minimum atomic E-state index is -0.0429. The number of H-pyrrole nitrogens is 1. The fourth-order valence-electron chi connectivity index (χ4n) is 1.97. The summed E-state index contributed by atoms with van der Waals surface area (Å²) in [5.74, 6) is 0. The van der Waals surface area contributed by atoms with Crippen LogP contribution in [0.1, 0.15) is 0 Å². The Morgan fingerprint density at radius 3 is 3.00 bits per heavy atom. The molecule has 0 radical (unpaired) electrons. The average Bonchev–Trinajstić information content (AvgIpc) is 2.75. The summed E-state index contributed by atoms with van der Waals surface area (Å²) < 4.78 is 1.53. The Bertz CT molecular complexity index is 785. The molecule has 90 valence electrons. The van der Waals surface area contributed by atoms with Crippen LogP contribution < -0.4 is 11.3 Å². The zero-order valence-electron chi connectivity index (χ0n) is 9.84.